The van der Waals surface area contributed by atoms with Gasteiger partial charge in [0.2, 0.25) is 11.8 Å². The lowest BCUT2D eigenvalue weighted by Crippen LogP contribution is -2.11. The fourth-order valence-electron chi connectivity index (χ4n) is 1.51. The normalized spacial score (nSPS) is 10.3. The van der Waals surface area contributed by atoms with Crippen LogP contribution in [-0.2, 0) is 0 Å². The maximum atomic E-state index is 10.7. The lowest BCUT2D eigenvalue weighted by Gasteiger charge is -2.10. The molecule has 0 radical (unpaired) electrons. The zero-order valence-corrected chi connectivity index (χ0v) is 12.1. The molecule has 0 saturated carbocycles. The Morgan fingerprint density at radius 2 is 1.90 bits per heavy atom. The number of nitro benzene ring substituents is 1. The van der Waals surface area contributed by atoms with E-state index in [4.69, 9.17) is 33.8 Å². The van der Waals surface area contributed by atoms with Gasteiger partial charge < -0.3 is 4.74 Å². The Balaban J connectivity index is 2.40. The minimum Gasteiger partial charge on any atom is -0.436 e. The standard InChI is InChI=1S/C11H9Cl2N5O3/c1-5-2-9(16-11(15-5)17-14)21-10-7(12)3-6(18(19)20)4-8(10)13/h2-4H,14H2,1H3,(H,15,16,17). The third kappa shape index (κ3) is 3.48. The topological polar surface area (TPSA) is 116 Å². The van der Waals surface area contributed by atoms with E-state index in [1.807, 2.05) is 0 Å². The molecule has 10 heteroatoms. The summed E-state index contributed by atoms with van der Waals surface area (Å²) in [6, 6.07) is 3.81. The molecule has 3 N–H and O–H groups in total. The van der Waals surface area contributed by atoms with Crippen molar-refractivity contribution in [1.82, 2.24) is 9.97 Å². The summed E-state index contributed by atoms with van der Waals surface area (Å²) in [5, 5.41) is 10.7. The number of ether oxygens (including phenoxy) is 1. The Kier molecular flexibility index (Phi) is 4.41. The largest absolute Gasteiger partial charge is 0.436 e. The van der Waals surface area contributed by atoms with E-state index < -0.39 is 4.92 Å². The zero-order chi connectivity index (χ0) is 15.6. The van der Waals surface area contributed by atoms with E-state index >= 15 is 0 Å². The minimum atomic E-state index is -0.604. The van der Waals surface area contributed by atoms with Crippen molar-refractivity contribution in [3.05, 3.63) is 44.1 Å². The molecule has 1 aromatic carbocycles. The molecule has 2 rings (SSSR count). The second kappa shape index (κ2) is 6.08. The van der Waals surface area contributed by atoms with Crippen molar-refractivity contribution in [2.45, 2.75) is 6.92 Å². The van der Waals surface area contributed by atoms with Gasteiger partial charge >= 0.3 is 0 Å². The summed E-state index contributed by atoms with van der Waals surface area (Å²) in [7, 11) is 0. The fraction of sp³-hybridized carbons (Fsp3) is 0.0909. The average molecular weight is 330 g/mol. The second-order valence-electron chi connectivity index (χ2n) is 3.91. The molecular weight excluding hydrogens is 321 g/mol. The van der Waals surface area contributed by atoms with Gasteiger partial charge in [0.25, 0.3) is 5.69 Å². The molecule has 0 aliphatic carbocycles. The molecule has 1 heterocycles. The number of aromatic nitrogens is 2. The SMILES string of the molecule is Cc1cc(Oc2c(Cl)cc([N+](=O)[O-])cc2Cl)nc(NN)n1. The van der Waals surface area contributed by atoms with Gasteiger partial charge in [-0.05, 0) is 6.92 Å². The highest BCUT2D eigenvalue weighted by Crippen LogP contribution is 2.39. The molecule has 0 saturated heterocycles. The number of anilines is 1. The average Bonchev–Trinajstić information content (AvgIpc) is 2.41. The number of halogens is 2. The van der Waals surface area contributed by atoms with Gasteiger partial charge in [0, 0.05) is 23.9 Å². The number of benzene rings is 1. The van der Waals surface area contributed by atoms with Crippen molar-refractivity contribution in [3.8, 4) is 11.6 Å². The van der Waals surface area contributed by atoms with E-state index in [2.05, 4.69) is 15.4 Å². The van der Waals surface area contributed by atoms with Gasteiger partial charge in [0.05, 0.1) is 15.0 Å². The Morgan fingerprint density at radius 3 is 2.43 bits per heavy atom. The number of rotatable bonds is 4. The molecule has 1 aromatic heterocycles. The second-order valence-corrected chi connectivity index (χ2v) is 4.73. The van der Waals surface area contributed by atoms with E-state index in [0.29, 0.717) is 5.69 Å². The van der Waals surface area contributed by atoms with Crippen LogP contribution in [-0.4, -0.2) is 14.9 Å². The molecule has 0 atom stereocenters. The number of nitrogens with zero attached hydrogens (tertiary/aromatic N) is 3. The summed E-state index contributed by atoms with van der Waals surface area (Å²) < 4.78 is 5.46. The van der Waals surface area contributed by atoms with Crippen LogP contribution in [0, 0.1) is 17.0 Å². The number of non-ortho nitro benzene ring substituents is 1. The highest BCUT2D eigenvalue weighted by Gasteiger charge is 2.17. The molecule has 0 aliphatic rings. The molecule has 2 aromatic rings. The third-order valence-electron chi connectivity index (χ3n) is 2.36. The number of hydrazine groups is 1. The molecule has 0 fully saturated rings. The number of nitrogens with two attached hydrogens (primary N) is 1. The molecule has 0 aliphatic heterocycles. The van der Waals surface area contributed by atoms with Gasteiger partial charge in [0.15, 0.2) is 5.75 Å². The van der Waals surface area contributed by atoms with Crippen LogP contribution < -0.4 is 16.0 Å². The Labute approximate surface area is 129 Å². The van der Waals surface area contributed by atoms with E-state index in [0.717, 1.165) is 12.1 Å². The molecule has 0 bridgehead atoms. The first-order chi connectivity index (χ1) is 9.90. The maximum Gasteiger partial charge on any atom is 0.272 e. The van der Waals surface area contributed by atoms with Crippen LogP contribution in [0.4, 0.5) is 11.6 Å². The van der Waals surface area contributed by atoms with Crippen molar-refractivity contribution in [2.24, 2.45) is 5.84 Å². The monoisotopic (exact) mass is 329 g/mol. The van der Waals surface area contributed by atoms with E-state index in [1.54, 1.807) is 6.92 Å². The summed E-state index contributed by atoms with van der Waals surface area (Å²) >= 11 is 11.9. The predicted octanol–water partition coefficient (Wildman–Crippen LogP) is 3.08. The minimum absolute atomic E-state index is 0.00674. The van der Waals surface area contributed by atoms with Crippen LogP contribution in [0.1, 0.15) is 5.69 Å². The molecular formula is C11H9Cl2N5O3. The van der Waals surface area contributed by atoms with Gasteiger partial charge in [-0.25, -0.2) is 10.8 Å². The van der Waals surface area contributed by atoms with Crippen molar-refractivity contribution < 1.29 is 9.66 Å². The van der Waals surface area contributed by atoms with E-state index in [9.17, 15) is 10.1 Å². The first-order valence-corrected chi connectivity index (χ1v) is 6.30. The van der Waals surface area contributed by atoms with Crippen LogP contribution in [0.3, 0.4) is 0 Å². The predicted molar refractivity (Wildman–Crippen MR) is 77.8 cm³/mol. The maximum absolute atomic E-state index is 10.7. The summed E-state index contributed by atoms with van der Waals surface area (Å²) in [6.45, 7) is 1.72. The number of nitrogens with one attached hydrogen (secondary N) is 1. The van der Waals surface area contributed by atoms with Gasteiger partial charge in [-0.1, -0.05) is 23.2 Å². The van der Waals surface area contributed by atoms with Gasteiger partial charge in [-0.3, -0.25) is 15.5 Å². The highest BCUT2D eigenvalue weighted by molar-refractivity contribution is 6.37. The smallest absolute Gasteiger partial charge is 0.272 e. The Bertz CT molecular complexity index is 687. The van der Waals surface area contributed by atoms with Crippen LogP contribution in [0.15, 0.2) is 18.2 Å². The quantitative estimate of drug-likeness (QED) is 0.502. The van der Waals surface area contributed by atoms with Crippen LogP contribution in [0.2, 0.25) is 10.0 Å². The number of aryl methyl sites for hydroxylation is 1. The van der Waals surface area contributed by atoms with Crippen LogP contribution in [0.25, 0.3) is 0 Å². The van der Waals surface area contributed by atoms with Crippen LogP contribution in [0.5, 0.6) is 11.6 Å². The molecule has 110 valence electrons. The summed E-state index contributed by atoms with van der Waals surface area (Å²) in [5.41, 5.74) is 2.65. The Hall–Kier alpha value is -2.16. The number of nitro groups is 1. The third-order valence-corrected chi connectivity index (χ3v) is 2.92. The van der Waals surface area contributed by atoms with E-state index in [1.165, 1.54) is 6.07 Å². The molecule has 21 heavy (non-hydrogen) atoms. The number of hydrogen-bond donors (Lipinski definition) is 2. The molecule has 0 spiro atoms. The number of hydrogen-bond acceptors (Lipinski definition) is 7. The fourth-order valence-corrected chi connectivity index (χ4v) is 2.06. The summed E-state index contributed by atoms with van der Waals surface area (Å²) in [4.78, 5) is 18.1. The molecule has 8 nitrogen and oxygen atoms in total. The first-order valence-electron chi connectivity index (χ1n) is 5.54. The van der Waals surface area contributed by atoms with Crippen molar-refractivity contribution in [2.75, 3.05) is 5.43 Å². The lowest BCUT2D eigenvalue weighted by atomic mass is 10.3. The van der Waals surface area contributed by atoms with Crippen LogP contribution >= 0.6 is 23.2 Å². The Morgan fingerprint density at radius 1 is 1.29 bits per heavy atom. The van der Waals surface area contributed by atoms with Gasteiger partial charge in [-0.15, -0.1) is 0 Å². The van der Waals surface area contributed by atoms with Crippen molar-refractivity contribution >= 4 is 34.8 Å². The lowest BCUT2D eigenvalue weighted by molar-refractivity contribution is -0.384. The van der Waals surface area contributed by atoms with Gasteiger partial charge in [0.1, 0.15) is 0 Å². The molecule has 0 amide bonds. The van der Waals surface area contributed by atoms with Crippen molar-refractivity contribution in [3.63, 3.8) is 0 Å². The summed E-state index contributed by atoms with van der Waals surface area (Å²) in [6.07, 6.45) is 0. The summed E-state index contributed by atoms with van der Waals surface area (Å²) in [5.74, 6) is 5.59. The number of nitrogen functional groups attached to an aromatic ring is 1. The highest BCUT2D eigenvalue weighted by atomic mass is 35.5. The molecule has 0 unspecified atom stereocenters. The van der Waals surface area contributed by atoms with E-state index in [-0.39, 0.29) is 33.3 Å². The first kappa shape index (κ1) is 15.2. The van der Waals surface area contributed by atoms with Crippen molar-refractivity contribution in [1.29, 1.82) is 0 Å². The zero-order valence-electron chi connectivity index (χ0n) is 10.6. The van der Waals surface area contributed by atoms with Gasteiger partial charge in [-0.2, -0.15) is 4.98 Å².